The van der Waals surface area contributed by atoms with Crippen LogP contribution in [0, 0.1) is 0 Å². The number of benzene rings is 11. The van der Waals surface area contributed by atoms with Crippen molar-refractivity contribution < 1.29 is 0 Å². The molecule has 0 N–H and O–H groups in total. The highest BCUT2D eigenvalue weighted by atomic mass is 32.1. The molecule has 0 unspecified atom stereocenters. The van der Waals surface area contributed by atoms with Gasteiger partial charge in [-0.2, -0.15) is 0 Å². The molecule has 0 radical (unpaired) electrons. The van der Waals surface area contributed by atoms with E-state index in [9.17, 15) is 0 Å². The van der Waals surface area contributed by atoms with Crippen molar-refractivity contribution in [1.82, 2.24) is 23.7 Å². The van der Waals surface area contributed by atoms with Crippen LogP contribution in [0.3, 0.4) is 0 Å². The second-order valence-corrected chi connectivity index (χ2v) is 25.2. The highest BCUT2D eigenvalue weighted by Gasteiger charge is 2.22. The van der Waals surface area contributed by atoms with Crippen molar-refractivity contribution in [2.45, 2.75) is 6.92 Å². The summed E-state index contributed by atoms with van der Waals surface area (Å²) in [5, 5.41) is 16.3. The molecule has 0 spiro atoms. The van der Waals surface area contributed by atoms with E-state index >= 15 is 0 Å². The lowest BCUT2D eigenvalue weighted by molar-refractivity contribution is 1.07. The Morgan fingerprint density at radius 2 is 0.776 bits per heavy atom. The van der Waals surface area contributed by atoms with Crippen LogP contribution >= 0.6 is 34.0 Å². The van der Waals surface area contributed by atoms with Gasteiger partial charge >= 0.3 is 0 Å². The fourth-order valence-corrected chi connectivity index (χ4v) is 17.2. The van der Waals surface area contributed by atoms with E-state index in [0.29, 0.717) is 5.82 Å². The molecule has 18 aromatic rings. The number of nitrogens with zero attached hydrogens (tertiary/aromatic N) is 5. The third-order valence-corrected chi connectivity index (χ3v) is 20.8. The van der Waals surface area contributed by atoms with Gasteiger partial charge in [0.05, 0.1) is 39.0 Å². The van der Waals surface area contributed by atoms with E-state index in [1.807, 2.05) is 40.1 Å². The van der Waals surface area contributed by atoms with Crippen molar-refractivity contribution in [3.63, 3.8) is 0 Å². The first-order valence-corrected chi connectivity index (χ1v) is 31.1. The molecule has 0 aliphatic heterocycles. The fourth-order valence-electron chi connectivity index (χ4n) is 13.8. The highest BCUT2D eigenvalue weighted by molar-refractivity contribution is 7.26. The molecule has 11 aromatic carbocycles. The SMILES string of the molecule is C=C/C=c1\c(=C/C)n(-c2ccc(-c3nc(-c4cccc(-n5c6ccccc6c6c7c(ccc65)sc5ccccc57)c4)cc(-c4cccc(-n5c6ccccc6c6c7c(ccc65)sc5ccccc57)c4)n3)cc2)c2ccc3sc4ccccc4c3c12. The van der Waals surface area contributed by atoms with Crippen molar-refractivity contribution in [3.8, 4) is 51.0 Å². The molecule has 7 aromatic heterocycles. The number of rotatable bonds is 7. The van der Waals surface area contributed by atoms with Gasteiger partial charge in [-0.05, 0) is 128 Å². The van der Waals surface area contributed by atoms with E-state index in [2.05, 4.69) is 276 Å². The first-order valence-electron chi connectivity index (χ1n) is 28.7. The third kappa shape index (κ3) is 7.14. The Bertz CT molecular complexity index is 5770. The third-order valence-electron chi connectivity index (χ3n) is 17.4. The van der Waals surface area contributed by atoms with Crippen molar-refractivity contribution in [1.29, 1.82) is 0 Å². The minimum absolute atomic E-state index is 0.647. The van der Waals surface area contributed by atoms with Crippen LogP contribution in [0.5, 0.6) is 0 Å². The summed E-state index contributed by atoms with van der Waals surface area (Å²) in [6.07, 6.45) is 6.30. The van der Waals surface area contributed by atoms with Gasteiger partial charge in [0.15, 0.2) is 5.82 Å². The summed E-state index contributed by atoms with van der Waals surface area (Å²) in [4.78, 5) is 11.1. The standard InChI is InChI=1S/C77H47N5S3/c1-3-17-51-59(4-2)80(62-36-39-68-74(71(51)62)54-24-7-12-29-65(54)83-68)48-34-32-45(33-35-48)77-78-57(46-18-15-20-49(42-46)81-60-27-10-5-22-52(60)72-63(81)37-40-69-75(72)55-25-8-13-30-66(55)84-69)44-58(79-77)47-19-16-21-50(43-47)82-61-28-11-6-23-53(61)73-64(82)38-41-70-76(73)56-26-9-14-31-67(56)85-70/h3-44H,1H2,2H3/b51-17+,59-4+. The van der Waals surface area contributed by atoms with Gasteiger partial charge in [0, 0.05) is 132 Å². The van der Waals surface area contributed by atoms with E-state index in [-0.39, 0.29) is 0 Å². The minimum atomic E-state index is 0.647. The average Bonchev–Trinajstić information content (AvgIpc) is 1.80. The summed E-state index contributed by atoms with van der Waals surface area (Å²) < 4.78 is 15.0. The number of fused-ring (bicyclic) bond motifs is 19. The largest absolute Gasteiger partial charge is 0.310 e. The van der Waals surface area contributed by atoms with E-state index in [1.54, 1.807) is 0 Å². The molecule has 0 saturated heterocycles. The van der Waals surface area contributed by atoms with E-state index in [0.717, 1.165) is 56.0 Å². The van der Waals surface area contributed by atoms with Crippen LogP contribution in [0.25, 0.3) is 178 Å². The lowest BCUT2D eigenvalue weighted by atomic mass is 10.0. The lowest BCUT2D eigenvalue weighted by Crippen LogP contribution is -2.27. The molecule has 85 heavy (non-hydrogen) atoms. The Balaban J connectivity index is 0.828. The summed E-state index contributed by atoms with van der Waals surface area (Å²) in [6, 6.07) is 86.6. The molecule has 5 nitrogen and oxygen atoms in total. The van der Waals surface area contributed by atoms with E-state index in [4.69, 9.17) is 9.97 Å². The normalized spacial score (nSPS) is 12.7. The molecule has 0 aliphatic rings. The number of allylic oxidation sites excluding steroid dienone is 1. The van der Waals surface area contributed by atoms with Crippen molar-refractivity contribution in [2.75, 3.05) is 0 Å². The molecule has 0 atom stereocenters. The first-order chi connectivity index (χ1) is 42.1. The molecule has 398 valence electrons. The van der Waals surface area contributed by atoms with Crippen LogP contribution in [-0.4, -0.2) is 23.7 Å². The highest BCUT2D eigenvalue weighted by Crippen LogP contribution is 2.46. The quantitative estimate of drug-likeness (QED) is 0.160. The number of thiophene rings is 3. The summed E-state index contributed by atoms with van der Waals surface area (Å²) in [6.45, 7) is 6.31. The van der Waals surface area contributed by atoms with Crippen molar-refractivity contribution in [2.24, 2.45) is 0 Å². The van der Waals surface area contributed by atoms with Crippen LogP contribution < -0.4 is 10.6 Å². The van der Waals surface area contributed by atoms with Gasteiger partial charge in [-0.3, -0.25) is 0 Å². The molecule has 18 rings (SSSR count). The molecule has 0 saturated carbocycles. The first kappa shape index (κ1) is 48.3. The molecule has 7 heterocycles. The zero-order valence-electron chi connectivity index (χ0n) is 45.9. The Hall–Kier alpha value is -10.2. The predicted octanol–water partition coefficient (Wildman–Crippen LogP) is 20.5. The molecule has 0 bridgehead atoms. The van der Waals surface area contributed by atoms with Gasteiger partial charge < -0.3 is 13.7 Å². The Morgan fingerprint density at radius 3 is 1.25 bits per heavy atom. The smallest absolute Gasteiger partial charge is 0.160 e. The monoisotopic (exact) mass is 1140 g/mol. The number of para-hydroxylation sites is 2. The maximum Gasteiger partial charge on any atom is 0.160 e. The van der Waals surface area contributed by atoms with Gasteiger partial charge in [0.25, 0.3) is 0 Å². The van der Waals surface area contributed by atoms with Gasteiger partial charge in [0.1, 0.15) is 0 Å². The Labute approximate surface area is 499 Å². The predicted molar refractivity (Wildman–Crippen MR) is 367 cm³/mol. The van der Waals surface area contributed by atoms with Crippen LogP contribution in [-0.2, 0) is 0 Å². The van der Waals surface area contributed by atoms with Crippen molar-refractivity contribution >= 4 is 161 Å². The summed E-state index contributed by atoms with van der Waals surface area (Å²) >= 11 is 5.58. The zero-order chi connectivity index (χ0) is 56.0. The van der Waals surface area contributed by atoms with Crippen LogP contribution in [0.1, 0.15) is 6.92 Å². The minimum Gasteiger partial charge on any atom is -0.310 e. The maximum atomic E-state index is 5.54. The molecule has 8 heteroatoms. The van der Waals surface area contributed by atoms with Crippen LogP contribution in [0.4, 0.5) is 0 Å². The summed E-state index contributed by atoms with van der Waals surface area (Å²) in [7, 11) is 0. The average molecular weight is 1140 g/mol. The van der Waals surface area contributed by atoms with Gasteiger partial charge in [-0.25, -0.2) is 9.97 Å². The molecule has 0 amide bonds. The van der Waals surface area contributed by atoms with Gasteiger partial charge in [-0.15, -0.1) is 34.0 Å². The number of hydrogen-bond acceptors (Lipinski definition) is 5. The van der Waals surface area contributed by atoms with Crippen LogP contribution in [0.15, 0.2) is 249 Å². The van der Waals surface area contributed by atoms with E-state index < -0.39 is 0 Å². The van der Waals surface area contributed by atoms with Gasteiger partial charge in [-0.1, -0.05) is 140 Å². The summed E-state index contributed by atoms with van der Waals surface area (Å²) in [5.41, 5.74) is 13.6. The Morgan fingerprint density at radius 1 is 0.341 bits per heavy atom. The Kier molecular flexibility index (Phi) is 10.6. The second kappa shape index (κ2) is 18.6. The molecule has 0 fully saturated rings. The summed E-state index contributed by atoms with van der Waals surface area (Å²) in [5.74, 6) is 0.647. The van der Waals surface area contributed by atoms with Crippen molar-refractivity contribution in [3.05, 3.63) is 260 Å². The molecular weight excluding hydrogens is 1090 g/mol. The molecular formula is C77H47N5S3. The number of hydrogen-bond donors (Lipinski definition) is 0. The fraction of sp³-hybridized carbons (Fsp3) is 0.0130. The second-order valence-electron chi connectivity index (χ2n) is 21.9. The maximum absolute atomic E-state index is 5.54. The van der Waals surface area contributed by atoms with E-state index in [1.165, 1.54) is 115 Å². The molecule has 0 aliphatic carbocycles. The topological polar surface area (TPSA) is 40.6 Å². The van der Waals surface area contributed by atoms with Gasteiger partial charge in [0.2, 0.25) is 0 Å². The van der Waals surface area contributed by atoms with Crippen LogP contribution in [0.2, 0.25) is 0 Å². The number of aromatic nitrogens is 5. The zero-order valence-corrected chi connectivity index (χ0v) is 48.4. The lowest BCUT2D eigenvalue weighted by Gasteiger charge is -2.14.